The monoisotopic (exact) mass is 400 g/mol. The van der Waals surface area contributed by atoms with Gasteiger partial charge in [-0.25, -0.2) is 4.98 Å². The molecule has 8 heteroatoms. The van der Waals surface area contributed by atoms with Crippen molar-refractivity contribution < 1.29 is 9.90 Å². The van der Waals surface area contributed by atoms with Crippen LogP contribution >= 0.6 is 0 Å². The Morgan fingerprint density at radius 3 is 2.55 bits per heavy atom. The van der Waals surface area contributed by atoms with E-state index in [1.807, 2.05) is 0 Å². The zero-order chi connectivity index (χ0) is 20.8. The first-order valence-electron chi connectivity index (χ1n) is 10.7. The van der Waals surface area contributed by atoms with Crippen molar-refractivity contribution in [1.82, 2.24) is 14.9 Å². The van der Waals surface area contributed by atoms with Gasteiger partial charge in [-0.05, 0) is 44.9 Å². The van der Waals surface area contributed by atoms with Crippen molar-refractivity contribution in [2.45, 2.75) is 76.0 Å². The van der Waals surface area contributed by atoms with Crippen LogP contribution in [0.3, 0.4) is 0 Å². The predicted molar refractivity (Wildman–Crippen MR) is 111 cm³/mol. The highest BCUT2D eigenvalue weighted by atomic mass is 16.3. The smallest absolute Gasteiger partial charge is 0.225 e. The Bertz CT molecular complexity index is 739. The quantitative estimate of drug-likeness (QED) is 0.651. The predicted octanol–water partition coefficient (Wildman–Crippen LogP) is 2.51. The van der Waals surface area contributed by atoms with Crippen LogP contribution in [0, 0.1) is 17.2 Å². The molecule has 3 N–H and O–H groups in total. The Morgan fingerprint density at radius 1 is 1.14 bits per heavy atom. The molecule has 0 saturated heterocycles. The highest BCUT2D eigenvalue weighted by Crippen LogP contribution is 2.28. The lowest BCUT2D eigenvalue weighted by Crippen LogP contribution is -2.35. The van der Waals surface area contributed by atoms with Crippen molar-refractivity contribution in [1.29, 1.82) is 5.26 Å². The van der Waals surface area contributed by atoms with Crippen LogP contribution in [0.15, 0.2) is 6.20 Å². The minimum absolute atomic E-state index is 0.101. The van der Waals surface area contributed by atoms with E-state index in [0.717, 1.165) is 51.4 Å². The fourth-order valence-electron chi connectivity index (χ4n) is 4.33. The Morgan fingerprint density at radius 2 is 1.86 bits per heavy atom. The molecule has 0 aromatic carbocycles. The molecule has 1 aromatic heterocycles. The molecule has 0 spiro atoms. The van der Waals surface area contributed by atoms with Crippen LogP contribution < -0.4 is 10.6 Å². The van der Waals surface area contributed by atoms with E-state index in [1.165, 1.54) is 0 Å². The zero-order valence-corrected chi connectivity index (χ0v) is 17.4. The van der Waals surface area contributed by atoms with E-state index < -0.39 is 0 Å². The van der Waals surface area contributed by atoms with Crippen LogP contribution in [0.5, 0.6) is 0 Å². The zero-order valence-electron chi connectivity index (χ0n) is 17.4. The Kier molecular flexibility index (Phi) is 7.26. The van der Waals surface area contributed by atoms with Gasteiger partial charge in [0.2, 0.25) is 11.9 Å². The molecule has 2 fully saturated rings. The lowest BCUT2D eigenvalue weighted by molar-refractivity contribution is -0.133. The largest absolute Gasteiger partial charge is 0.393 e. The highest BCUT2D eigenvalue weighted by Gasteiger charge is 2.28. The molecule has 1 aromatic rings. The van der Waals surface area contributed by atoms with Crippen molar-refractivity contribution in [3.8, 4) is 6.07 Å². The lowest BCUT2D eigenvalue weighted by atomic mass is 9.85. The molecule has 0 aliphatic heterocycles. The minimum atomic E-state index is -0.306. The summed E-state index contributed by atoms with van der Waals surface area (Å²) in [6.45, 7) is 0. The number of aromatic nitrogens is 2. The molecule has 1 amide bonds. The third kappa shape index (κ3) is 5.80. The van der Waals surface area contributed by atoms with E-state index in [-0.39, 0.29) is 30.0 Å². The summed E-state index contributed by atoms with van der Waals surface area (Å²) in [6, 6.07) is 2.48. The van der Waals surface area contributed by atoms with Crippen LogP contribution in [0.1, 0.15) is 63.4 Å². The van der Waals surface area contributed by atoms with Gasteiger partial charge in [-0.2, -0.15) is 10.2 Å². The standard InChI is InChI=1S/C21H32N6O2/c1-27(2)20(29)14-7-9-16(10-8-14)25-21-23-13-15(12-22)19(26-21)24-17-5-3-4-6-18(28)11-17/h13-14,16-18,28H,3-11H2,1-2H3,(H2,23,24,25,26)/t14-,16-,17-,18+/m1/s1. The first-order chi connectivity index (χ1) is 14.0. The number of carbonyl (C=O) groups excluding carboxylic acids is 1. The molecule has 8 nitrogen and oxygen atoms in total. The van der Waals surface area contributed by atoms with E-state index >= 15 is 0 Å². The van der Waals surface area contributed by atoms with Gasteiger partial charge in [0.25, 0.3) is 0 Å². The number of aliphatic hydroxyl groups excluding tert-OH is 1. The Labute approximate surface area is 172 Å². The molecule has 1 heterocycles. The van der Waals surface area contributed by atoms with Gasteiger partial charge in [0.1, 0.15) is 17.5 Å². The molecule has 158 valence electrons. The molecule has 29 heavy (non-hydrogen) atoms. The first-order valence-corrected chi connectivity index (χ1v) is 10.7. The number of nitrogens with one attached hydrogen (secondary N) is 2. The fraction of sp³-hybridized carbons (Fsp3) is 0.714. The number of carbonyl (C=O) groups is 1. The molecule has 3 rings (SSSR count). The second-order valence-corrected chi connectivity index (χ2v) is 8.51. The van der Waals surface area contributed by atoms with Gasteiger partial charge in [-0.15, -0.1) is 0 Å². The summed E-state index contributed by atoms with van der Waals surface area (Å²) in [5, 5.41) is 26.2. The van der Waals surface area contributed by atoms with Gasteiger partial charge < -0.3 is 20.6 Å². The van der Waals surface area contributed by atoms with Crippen molar-refractivity contribution >= 4 is 17.7 Å². The highest BCUT2D eigenvalue weighted by molar-refractivity contribution is 5.78. The summed E-state index contributed by atoms with van der Waals surface area (Å²) < 4.78 is 0. The summed E-state index contributed by atoms with van der Waals surface area (Å²) in [5.74, 6) is 1.34. The van der Waals surface area contributed by atoms with Crippen LogP contribution in [-0.4, -0.2) is 58.2 Å². The first kappa shape index (κ1) is 21.3. The summed E-state index contributed by atoms with van der Waals surface area (Å²) in [7, 11) is 3.61. The van der Waals surface area contributed by atoms with Crippen LogP contribution in [0.2, 0.25) is 0 Å². The number of aliphatic hydroxyl groups is 1. The minimum Gasteiger partial charge on any atom is -0.393 e. The molecule has 2 saturated carbocycles. The topological polar surface area (TPSA) is 114 Å². The summed E-state index contributed by atoms with van der Waals surface area (Å²) in [5.41, 5.74) is 0.412. The number of rotatable bonds is 5. The third-order valence-corrected chi connectivity index (χ3v) is 6.00. The number of amides is 1. The summed E-state index contributed by atoms with van der Waals surface area (Å²) >= 11 is 0. The molecular weight excluding hydrogens is 368 g/mol. The maximum Gasteiger partial charge on any atom is 0.225 e. The molecule has 2 atom stereocenters. The third-order valence-electron chi connectivity index (χ3n) is 6.00. The van der Waals surface area contributed by atoms with Gasteiger partial charge in [-0.3, -0.25) is 4.79 Å². The average Bonchev–Trinajstić information content (AvgIpc) is 2.92. The fourth-order valence-corrected chi connectivity index (χ4v) is 4.33. The maximum absolute atomic E-state index is 12.1. The van der Waals surface area contributed by atoms with E-state index in [2.05, 4.69) is 26.7 Å². The van der Waals surface area contributed by atoms with E-state index in [0.29, 0.717) is 23.8 Å². The SMILES string of the molecule is CN(C)C(=O)[C@H]1CC[C@H](Nc2ncc(C#N)c(N[C@@H]3CCCC[C@H](O)C3)n2)CC1. The van der Waals surface area contributed by atoms with Crippen LogP contribution in [-0.2, 0) is 4.79 Å². The molecule has 0 unspecified atom stereocenters. The van der Waals surface area contributed by atoms with Crippen LogP contribution in [0.25, 0.3) is 0 Å². The normalized spacial score (nSPS) is 27.4. The number of hydrogen-bond donors (Lipinski definition) is 3. The number of anilines is 2. The van der Waals surface area contributed by atoms with Gasteiger partial charge >= 0.3 is 0 Å². The molecule has 0 bridgehead atoms. The average molecular weight is 401 g/mol. The van der Waals surface area contributed by atoms with Gasteiger partial charge in [0.05, 0.1) is 12.3 Å². The van der Waals surface area contributed by atoms with Crippen molar-refractivity contribution in [3.63, 3.8) is 0 Å². The van der Waals surface area contributed by atoms with E-state index in [1.54, 1.807) is 25.2 Å². The maximum atomic E-state index is 12.1. The van der Waals surface area contributed by atoms with Crippen molar-refractivity contribution in [2.75, 3.05) is 24.7 Å². The van der Waals surface area contributed by atoms with Gasteiger partial charge in [0, 0.05) is 32.1 Å². The molecular formula is C21H32N6O2. The van der Waals surface area contributed by atoms with E-state index in [4.69, 9.17) is 0 Å². The molecule has 0 radical (unpaired) electrons. The lowest BCUT2D eigenvalue weighted by Gasteiger charge is -2.30. The molecule has 2 aliphatic rings. The number of hydrogen-bond acceptors (Lipinski definition) is 7. The van der Waals surface area contributed by atoms with Crippen molar-refractivity contribution in [2.24, 2.45) is 5.92 Å². The number of nitriles is 1. The second kappa shape index (κ2) is 9.88. The Balaban J connectivity index is 1.62. The summed E-state index contributed by atoms with van der Waals surface area (Å²) in [4.78, 5) is 22.7. The summed E-state index contributed by atoms with van der Waals surface area (Å²) in [6.07, 6.45) is 9.29. The second-order valence-electron chi connectivity index (χ2n) is 8.51. The van der Waals surface area contributed by atoms with Crippen LogP contribution in [0.4, 0.5) is 11.8 Å². The molecule has 2 aliphatic carbocycles. The van der Waals surface area contributed by atoms with Crippen molar-refractivity contribution in [3.05, 3.63) is 11.8 Å². The van der Waals surface area contributed by atoms with Gasteiger partial charge in [0.15, 0.2) is 0 Å². The Hall–Kier alpha value is -2.40. The number of nitrogens with zero attached hydrogens (tertiary/aromatic N) is 4. The van der Waals surface area contributed by atoms with E-state index in [9.17, 15) is 15.2 Å². The van der Waals surface area contributed by atoms with Gasteiger partial charge in [-0.1, -0.05) is 12.8 Å².